The Morgan fingerprint density at radius 2 is 1.62 bits per heavy atom. The van der Waals surface area contributed by atoms with Crippen molar-refractivity contribution in [3.05, 3.63) is 53.6 Å². The highest BCUT2D eigenvalue weighted by atomic mass is 32.2. The second-order valence-corrected chi connectivity index (χ2v) is 9.52. The standard InChI is InChI=1S/C22H27N3O3S/c1-17-15-20(25-14-4-5-22(25)26)10-11-21(17)29(27,28)23-16-18-6-8-19(9-7-18)24-12-2-3-13-24/h6-11,15,23H,2-5,12-14,16H2,1H3. The topological polar surface area (TPSA) is 69.7 Å². The van der Waals surface area contributed by atoms with E-state index in [1.54, 1.807) is 30.0 Å². The van der Waals surface area contributed by atoms with Crippen LogP contribution >= 0.6 is 0 Å². The van der Waals surface area contributed by atoms with Gasteiger partial charge in [-0.15, -0.1) is 0 Å². The molecule has 2 aliphatic heterocycles. The number of hydrogen-bond acceptors (Lipinski definition) is 4. The number of nitrogens with one attached hydrogen (secondary N) is 1. The summed E-state index contributed by atoms with van der Waals surface area (Å²) in [6.45, 7) is 4.88. The van der Waals surface area contributed by atoms with Crippen LogP contribution in [0.4, 0.5) is 11.4 Å². The molecule has 0 saturated carbocycles. The Kier molecular flexibility index (Phi) is 5.61. The molecule has 0 atom stereocenters. The molecule has 29 heavy (non-hydrogen) atoms. The first kappa shape index (κ1) is 19.9. The van der Waals surface area contributed by atoms with Crippen molar-refractivity contribution in [1.29, 1.82) is 0 Å². The Morgan fingerprint density at radius 3 is 2.24 bits per heavy atom. The summed E-state index contributed by atoms with van der Waals surface area (Å²) in [6.07, 6.45) is 3.85. The zero-order chi connectivity index (χ0) is 20.4. The summed E-state index contributed by atoms with van der Waals surface area (Å²) in [6, 6.07) is 13.2. The van der Waals surface area contributed by atoms with E-state index in [1.165, 1.54) is 18.5 Å². The number of benzene rings is 2. The van der Waals surface area contributed by atoms with Gasteiger partial charge >= 0.3 is 0 Å². The fourth-order valence-electron chi connectivity index (χ4n) is 4.08. The van der Waals surface area contributed by atoms with Crippen LogP contribution in [0.2, 0.25) is 0 Å². The second kappa shape index (κ2) is 8.16. The predicted molar refractivity (Wildman–Crippen MR) is 115 cm³/mol. The number of hydrogen-bond donors (Lipinski definition) is 1. The molecular formula is C22H27N3O3S. The first-order valence-corrected chi connectivity index (χ1v) is 11.7. The first-order chi connectivity index (χ1) is 13.9. The molecule has 2 aromatic carbocycles. The normalized spacial score (nSPS) is 17.3. The number of carbonyl (C=O) groups is 1. The minimum atomic E-state index is -3.63. The molecule has 2 fully saturated rings. The van der Waals surface area contributed by atoms with Crippen LogP contribution in [0.5, 0.6) is 0 Å². The number of carbonyl (C=O) groups excluding carboxylic acids is 1. The maximum Gasteiger partial charge on any atom is 0.241 e. The molecule has 0 aromatic heterocycles. The van der Waals surface area contributed by atoms with Crippen LogP contribution in [-0.4, -0.2) is 34.0 Å². The predicted octanol–water partition coefficient (Wildman–Crippen LogP) is 3.20. The lowest BCUT2D eigenvalue weighted by Crippen LogP contribution is -2.26. The van der Waals surface area contributed by atoms with E-state index in [0.29, 0.717) is 18.5 Å². The summed E-state index contributed by atoms with van der Waals surface area (Å²) in [5.41, 5.74) is 3.52. The van der Waals surface area contributed by atoms with E-state index in [0.717, 1.165) is 30.8 Å². The van der Waals surface area contributed by atoms with Crippen molar-refractivity contribution in [2.75, 3.05) is 29.4 Å². The zero-order valence-corrected chi connectivity index (χ0v) is 17.5. The molecular weight excluding hydrogens is 386 g/mol. The zero-order valence-electron chi connectivity index (χ0n) is 16.7. The molecule has 2 saturated heterocycles. The summed E-state index contributed by atoms with van der Waals surface area (Å²) in [5, 5.41) is 0. The Balaban J connectivity index is 1.43. The molecule has 1 N–H and O–H groups in total. The molecule has 0 unspecified atom stereocenters. The molecule has 6 nitrogen and oxygen atoms in total. The molecule has 0 spiro atoms. The maximum atomic E-state index is 12.8. The van der Waals surface area contributed by atoms with Crippen molar-refractivity contribution in [2.45, 2.75) is 44.0 Å². The molecule has 1 amide bonds. The molecule has 2 heterocycles. The molecule has 2 aliphatic rings. The largest absolute Gasteiger partial charge is 0.372 e. The Hall–Kier alpha value is -2.38. The number of nitrogens with zero attached hydrogens (tertiary/aromatic N) is 2. The maximum absolute atomic E-state index is 12.8. The van der Waals surface area contributed by atoms with Crippen molar-refractivity contribution >= 4 is 27.3 Å². The van der Waals surface area contributed by atoms with Gasteiger partial charge in [0.2, 0.25) is 15.9 Å². The number of rotatable bonds is 6. The van der Waals surface area contributed by atoms with Gasteiger partial charge in [0.15, 0.2) is 0 Å². The third-order valence-electron chi connectivity index (χ3n) is 5.71. The van der Waals surface area contributed by atoms with E-state index in [1.807, 2.05) is 12.1 Å². The molecule has 0 bridgehead atoms. The van der Waals surface area contributed by atoms with Gasteiger partial charge in [0.1, 0.15) is 0 Å². The van der Waals surface area contributed by atoms with Crippen LogP contribution in [0, 0.1) is 6.92 Å². The second-order valence-electron chi connectivity index (χ2n) is 7.78. The smallest absolute Gasteiger partial charge is 0.241 e. The summed E-state index contributed by atoms with van der Waals surface area (Å²) in [4.78, 5) is 16.3. The summed E-state index contributed by atoms with van der Waals surface area (Å²) < 4.78 is 28.3. The van der Waals surface area contributed by atoms with Crippen molar-refractivity contribution in [2.24, 2.45) is 0 Å². The van der Waals surface area contributed by atoms with E-state index in [9.17, 15) is 13.2 Å². The molecule has 2 aromatic rings. The van der Waals surface area contributed by atoms with Gasteiger partial charge in [0.25, 0.3) is 0 Å². The molecule has 7 heteroatoms. The summed E-state index contributed by atoms with van der Waals surface area (Å²) in [7, 11) is -3.63. The van der Waals surface area contributed by atoms with Crippen LogP contribution in [0.3, 0.4) is 0 Å². The van der Waals surface area contributed by atoms with Crippen molar-refractivity contribution in [1.82, 2.24) is 4.72 Å². The minimum Gasteiger partial charge on any atom is -0.372 e. The van der Waals surface area contributed by atoms with Gasteiger partial charge in [-0.25, -0.2) is 13.1 Å². The van der Waals surface area contributed by atoms with E-state index in [4.69, 9.17) is 0 Å². The fraction of sp³-hybridized carbons (Fsp3) is 0.409. The van der Waals surface area contributed by atoms with Gasteiger partial charge in [0.05, 0.1) is 4.90 Å². The molecule has 154 valence electrons. The van der Waals surface area contributed by atoms with Crippen LogP contribution < -0.4 is 14.5 Å². The highest BCUT2D eigenvalue weighted by Crippen LogP contribution is 2.26. The van der Waals surface area contributed by atoms with Gasteiger partial charge in [-0.2, -0.15) is 0 Å². The van der Waals surface area contributed by atoms with Crippen LogP contribution in [0.15, 0.2) is 47.4 Å². The fourth-order valence-corrected chi connectivity index (χ4v) is 5.32. The lowest BCUT2D eigenvalue weighted by atomic mass is 10.2. The van der Waals surface area contributed by atoms with Gasteiger partial charge in [-0.05, 0) is 67.6 Å². The average Bonchev–Trinajstić information content (AvgIpc) is 3.38. The van der Waals surface area contributed by atoms with Crippen molar-refractivity contribution in [3.63, 3.8) is 0 Å². The summed E-state index contributed by atoms with van der Waals surface area (Å²) >= 11 is 0. The van der Waals surface area contributed by atoms with Crippen molar-refractivity contribution in [3.8, 4) is 0 Å². The number of sulfonamides is 1. The SMILES string of the molecule is Cc1cc(N2CCCC2=O)ccc1S(=O)(=O)NCc1ccc(N2CCCC2)cc1. The lowest BCUT2D eigenvalue weighted by molar-refractivity contribution is -0.117. The molecule has 4 rings (SSSR count). The van der Waals surface area contributed by atoms with E-state index in [-0.39, 0.29) is 17.3 Å². The average molecular weight is 414 g/mol. The third kappa shape index (κ3) is 4.31. The van der Waals surface area contributed by atoms with Crippen LogP contribution in [0.1, 0.15) is 36.8 Å². The monoisotopic (exact) mass is 413 g/mol. The van der Waals surface area contributed by atoms with Gasteiger partial charge in [0, 0.05) is 44.0 Å². The van der Waals surface area contributed by atoms with E-state index < -0.39 is 10.0 Å². The number of anilines is 2. The van der Waals surface area contributed by atoms with Crippen LogP contribution in [-0.2, 0) is 21.4 Å². The quantitative estimate of drug-likeness (QED) is 0.790. The van der Waals surface area contributed by atoms with Gasteiger partial charge in [-0.3, -0.25) is 4.79 Å². The lowest BCUT2D eigenvalue weighted by Gasteiger charge is -2.18. The molecule has 0 aliphatic carbocycles. The van der Waals surface area contributed by atoms with Crippen LogP contribution in [0.25, 0.3) is 0 Å². The Morgan fingerprint density at radius 1 is 0.931 bits per heavy atom. The van der Waals surface area contributed by atoms with E-state index in [2.05, 4.69) is 21.8 Å². The van der Waals surface area contributed by atoms with Crippen molar-refractivity contribution < 1.29 is 13.2 Å². The minimum absolute atomic E-state index is 0.0931. The number of amides is 1. The molecule has 0 radical (unpaired) electrons. The highest BCUT2D eigenvalue weighted by Gasteiger charge is 2.24. The van der Waals surface area contributed by atoms with Gasteiger partial charge < -0.3 is 9.80 Å². The first-order valence-electron chi connectivity index (χ1n) is 10.2. The summed E-state index contributed by atoms with van der Waals surface area (Å²) in [5.74, 6) is 0.0931. The third-order valence-corrected chi connectivity index (χ3v) is 7.27. The van der Waals surface area contributed by atoms with Gasteiger partial charge in [-0.1, -0.05) is 12.1 Å². The highest BCUT2D eigenvalue weighted by molar-refractivity contribution is 7.89. The Bertz CT molecular complexity index is 996. The Labute approximate surface area is 172 Å². The van der Waals surface area contributed by atoms with E-state index >= 15 is 0 Å². The number of aryl methyl sites for hydroxylation is 1.